The lowest BCUT2D eigenvalue weighted by Gasteiger charge is -2.44. The Labute approximate surface area is 728 Å². The lowest BCUT2D eigenvalue weighted by molar-refractivity contribution is 0.590. The van der Waals surface area contributed by atoms with Gasteiger partial charge in [-0.2, -0.15) is 0 Å². The molecule has 598 valence electrons. The fraction of sp³-hybridized carbons (Fsp3) is 0.136. The maximum absolute atomic E-state index is 2.63. The molecule has 0 saturated heterocycles. The van der Waals surface area contributed by atoms with E-state index in [1.165, 1.54) is 138 Å². The molecule has 0 radical (unpaired) electrons. The summed E-state index contributed by atoms with van der Waals surface area (Å²) < 4.78 is 7.65. The van der Waals surface area contributed by atoms with Crippen molar-refractivity contribution in [1.29, 1.82) is 0 Å². The molecule has 2 aliphatic heterocycles. The molecule has 0 aliphatic carbocycles. The van der Waals surface area contributed by atoms with Gasteiger partial charge in [0, 0.05) is 77.8 Å². The first-order valence-electron chi connectivity index (χ1n) is 44.0. The van der Waals surface area contributed by atoms with Crippen LogP contribution in [-0.2, 0) is 21.7 Å². The highest BCUT2D eigenvalue weighted by atomic mass is 15.2. The number of nitrogens with zero attached hydrogens (tertiary/aromatic N) is 5. The first-order valence-corrected chi connectivity index (χ1v) is 44.0. The van der Waals surface area contributed by atoms with Gasteiger partial charge in [0.2, 0.25) is 0 Å². The summed E-state index contributed by atoms with van der Waals surface area (Å²) in [4.78, 5) is 5.27. The molecule has 0 N–H and O–H groups in total. The van der Waals surface area contributed by atoms with E-state index < -0.39 is 0 Å². The van der Waals surface area contributed by atoms with E-state index in [0.717, 1.165) is 84.5 Å². The average molecular weight is 1600 g/mol. The van der Waals surface area contributed by atoms with Gasteiger partial charge < -0.3 is 23.5 Å². The Morgan fingerprint density at radius 3 is 0.710 bits per heavy atom. The molecule has 6 heteroatoms. The van der Waals surface area contributed by atoms with Crippen LogP contribution in [-0.4, -0.2) is 20.4 Å². The SMILES string of the molecule is CC(C)(C)c1ccc2c(c1)c1cc(C(C)(C)C)ccc1n2-c1ccc2c(c1)N(c1ccc(-c3cc(-c4ccccc4)cc(-c4ccccc4)c3)cc1)c1cc(-n3c4ccccc4c4ccccc43)cc3c1B2c1ccc(-n2c4ccc(C(C)(C)C)cc4c4cc(C(C)(C)C)ccc42)cc1N3c1ccc(-c2cc(-c3ccccc3)cc(-c3ccccc3)c2)cc1. The first kappa shape index (κ1) is 76.0. The minimum absolute atomic E-state index is 0.0697. The quantitative estimate of drug-likeness (QED) is 0.120. The molecular weight excluding hydrogens is 1500 g/mol. The van der Waals surface area contributed by atoms with Crippen LogP contribution in [0.4, 0.5) is 34.1 Å². The van der Waals surface area contributed by atoms with Crippen molar-refractivity contribution in [3.8, 4) is 83.8 Å². The van der Waals surface area contributed by atoms with Crippen LogP contribution in [0, 0.1) is 0 Å². The van der Waals surface area contributed by atoms with Crippen LogP contribution in [0.3, 0.4) is 0 Å². The number of aromatic nitrogens is 3. The second kappa shape index (κ2) is 28.7. The third kappa shape index (κ3) is 12.8. The van der Waals surface area contributed by atoms with Crippen molar-refractivity contribution in [2.75, 3.05) is 9.80 Å². The number of hydrogen-bond donors (Lipinski definition) is 0. The molecule has 0 amide bonds. The van der Waals surface area contributed by atoms with Gasteiger partial charge in [-0.05, 0) is 285 Å². The summed E-state index contributed by atoms with van der Waals surface area (Å²) in [6.07, 6.45) is 0. The Morgan fingerprint density at radius 1 is 0.177 bits per heavy atom. The van der Waals surface area contributed by atoms with E-state index in [1.807, 2.05) is 0 Å². The van der Waals surface area contributed by atoms with Gasteiger partial charge in [-0.15, -0.1) is 0 Å². The number of rotatable bonds is 11. The molecule has 0 bridgehead atoms. The largest absolute Gasteiger partial charge is 0.311 e. The zero-order valence-corrected chi connectivity index (χ0v) is 72.6. The van der Waals surface area contributed by atoms with Crippen LogP contribution in [0.15, 0.2) is 376 Å². The molecule has 3 aromatic heterocycles. The smallest absolute Gasteiger partial charge is 0.252 e. The lowest BCUT2D eigenvalue weighted by Crippen LogP contribution is -2.61. The summed E-state index contributed by atoms with van der Waals surface area (Å²) in [5, 5.41) is 7.43. The predicted molar refractivity (Wildman–Crippen MR) is 531 cm³/mol. The predicted octanol–water partition coefficient (Wildman–Crippen LogP) is 30.3. The van der Waals surface area contributed by atoms with Crippen molar-refractivity contribution in [3.63, 3.8) is 0 Å². The van der Waals surface area contributed by atoms with Crippen molar-refractivity contribution in [2.45, 2.75) is 105 Å². The van der Waals surface area contributed by atoms with E-state index in [0.29, 0.717) is 0 Å². The fourth-order valence-corrected chi connectivity index (χ4v) is 20.0. The van der Waals surface area contributed by atoms with Crippen LogP contribution in [0.1, 0.15) is 105 Å². The van der Waals surface area contributed by atoms with Gasteiger partial charge in [0.1, 0.15) is 0 Å². The monoisotopic (exact) mass is 1600 g/mol. The molecule has 2 aliphatic rings. The third-order valence-electron chi connectivity index (χ3n) is 26.6. The van der Waals surface area contributed by atoms with E-state index in [4.69, 9.17) is 0 Å². The van der Waals surface area contributed by atoms with Crippen molar-refractivity contribution in [2.24, 2.45) is 0 Å². The Hall–Kier alpha value is -14.2. The van der Waals surface area contributed by atoms with Gasteiger partial charge in [-0.1, -0.05) is 301 Å². The third-order valence-corrected chi connectivity index (χ3v) is 26.6. The van der Waals surface area contributed by atoms with Gasteiger partial charge in [0.25, 0.3) is 6.71 Å². The van der Waals surface area contributed by atoms with Gasteiger partial charge in [0.05, 0.1) is 38.8 Å². The van der Waals surface area contributed by atoms with Crippen molar-refractivity contribution in [1.82, 2.24) is 13.7 Å². The molecule has 20 aromatic rings. The van der Waals surface area contributed by atoms with Crippen molar-refractivity contribution < 1.29 is 0 Å². The summed E-state index contributed by atoms with van der Waals surface area (Å²) in [7, 11) is 0. The van der Waals surface area contributed by atoms with Gasteiger partial charge >= 0.3 is 0 Å². The van der Waals surface area contributed by atoms with Crippen LogP contribution in [0.5, 0.6) is 0 Å². The molecule has 0 spiro atoms. The summed E-state index contributed by atoms with van der Waals surface area (Å²) in [5.41, 5.74) is 39.4. The maximum Gasteiger partial charge on any atom is 0.252 e. The first-order chi connectivity index (χ1) is 60.0. The molecule has 0 saturated carbocycles. The zero-order valence-electron chi connectivity index (χ0n) is 72.6. The highest BCUT2D eigenvalue weighted by molar-refractivity contribution is 7.00. The average Bonchev–Trinajstić information content (AvgIpc) is 0.859. The second-order valence-corrected chi connectivity index (χ2v) is 38.6. The van der Waals surface area contributed by atoms with E-state index in [2.05, 4.69) is 483 Å². The number of anilines is 6. The van der Waals surface area contributed by atoms with Crippen LogP contribution < -0.4 is 26.2 Å². The molecule has 0 atom stereocenters. The Kier molecular flexibility index (Phi) is 17.6. The summed E-state index contributed by atoms with van der Waals surface area (Å²) >= 11 is 0. The number of benzene rings is 17. The minimum atomic E-state index is -0.255. The molecule has 5 heterocycles. The Balaban J connectivity index is 0.836. The number of para-hydroxylation sites is 2. The van der Waals surface area contributed by atoms with Crippen molar-refractivity contribution in [3.05, 3.63) is 398 Å². The topological polar surface area (TPSA) is 21.3 Å². The van der Waals surface area contributed by atoms with E-state index >= 15 is 0 Å². The fourth-order valence-electron chi connectivity index (χ4n) is 20.0. The Bertz CT molecular complexity index is 6960. The van der Waals surface area contributed by atoms with Gasteiger partial charge in [-0.25, -0.2) is 0 Å². The molecule has 0 fully saturated rings. The Morgan fingerprint density at radius 2 is 0.419 bits per heavy atom. The standard InChI is InChI=1S/C118H98BN5/c1-115(2,3)87-45-57-106-98(67-87)99-68-88(116(4,5)6)46-58-107(99)122(106)93-53-55-102-110(71-93)120(91-49-41-79(42-50-91)85-63-81(75-29-17-13-18-30-75)61-82(64-85)76-31-19-14-20-32-76)112-73-95(124-104-39-27-25-37-96(104)97-38-26-28-40-105(97)124)74-113-114(112)119(102)103-56-54-94(123-108-59-47-89(117(7,8)9)69-100(108)101-70-90(118(10,11)12)48-60-109(101)123)72-111(103)121(113)92-51-43-80(44-52-92)86-65-83(77-33-21-15-22-34-77)62-84(66-86)78-35-23-16-24-36-78/h13-74H,1-12H3. The molecule has 22 rings (SSSR count). The summed E-state index contributed by atoms with van der Waals surface area (Å²) in [6.45, 7) is 27.8. The maximum atomic E-state index is 2.63. The molecule has 0 unspecified atom stereocenters. The van der Waals surface area contributed by atoms with Crippen LogP contribution in [0.2, 0.25) is 0 Å². The minimum Gasteiger partial charge on any atom is -0.311 e. The van der Waals surface area contributed by atoms with Crippen LogP contribution in [0.25, 0.3) is 149 Å². The van der Waals surface area contributed by atoms with Gasteiger partial charge in [-0.3, -0.25) is 0 Å². The molecule has 124 heavy (non-hydrogen) atoms. The summed E-state index contributed by atoms with van der Waals surface area (Å²) in [5.74, 6) is 0. The molecular formula is C118H98BN5. The normalized spacial score (nSPS) is 13.0. The molecule has 5 nitrogen and oxygen atoms in total. The zero-order chi connectivity index (χ0) is 84.4. The van der Waals surface area contributed by atoms with E-state index in [-0.39, 0.29) is 28.4 Å². The molecule has 17 aromatic carbocycles. The van der Waals surface area contributed by atoms with Gasteiger partial charge in [0.15, 0.2) is 0 Å². The van der Waals surface area contributed by atoms with E-state index in [1.54, 1.807) is 0 Å². The van der Waals surface area contributed by atoms with Crippen LogP contribution >= 0.6 is 0 Å². The van der Waals surface area contributed by atoms with E-state index in [9.17, 15) is 0 Å². The summed E-state index contributed by atoms with van der Waals surface area (Å²) in [6, 6.07) is 143. The number of hydrogen-bond acceptors (Lipinski definition) is 2. The van der Waals surface area contributed by atoms with Crippen molar-refractivity contribution >= 4 is 123 Å². The lowest BCUT2D eigenvalue weighted by atomic mass is 9.33. The highest BCUT2D eigenvalue weighted by Crippen LogP contribution is 2.51. The second-order valence-electron chi connectivity index (χ2n) is 38.6. The number of fused-ring (bicyclic) bond motifs is 13. The highest BCUT2D eigenvalue weighted by Gasteiger charge is 2.45.